The third-order valence-corrected chi connectivity index (χ3v) is 3.91. The molecule has 2 heterocycles. The number of nitrogens with one attached hydrogen (secondary N) is 2. The van der Waals surface area contributed by atoms with Gasteiger partial charge in [-0.25, -0.2) is 9.50 Å². The lowest BCUT2D eigenvalue weighted by Crippen LogP contribution is -2.28. The maximum absolute atomic E-state index is 12.6. The van der Waals surface area contributed by atoms with Crippen molar-refractivity contribution in [1.82, 2.24) is 24.9 Å². The largest absolute Gasteiger partial charge is 0.352 e. The number of carbonyl (C=O) groups excluding carboxylic acids is 2. The monoisotopic (exact) mass is 366 g/mol. The van der Waals surface area contributed by atoms with E-state index < -0.39 is 5.91 Å². The Hall–Kier alpha value is -3.29. The Morgan fingerprint density at radius 2 is 1.85 bits per heavy atom. The molecule has 0 spiro atoms. The van der Waals surface area contributed by atoms with Gasteiger partial charge >= 0.3 is 0 Å². The average Bonchev–Trinajstić information content (AvgIpc) is 3.04. The Bertz CT molecular complexity index is 1010. The van der Waals surface area contributed by atoms with E-state index in [1.165, 1.54) is 4.52 Å². The quantitative estimate of drug-likeness (QED) is 0.722. The number of benzene rings is 1. The van der Waals surface area contributed by atoms with Gasteiger partial charge in [0.05, 0.1) is 11.3 Å². The number of fused-ring (bicyclic) bond motifs is 1. The third kappa shape index (κ3) is 4.11. The van der Waals surface area contributed by atoms with Gasteiger partial charge in [0.15, 0.2) is 0 Å². The van der Waals surface area contributed by atoms with Crippen LogP contribution in [0.4, 0.5) is 5.69 Å². The molecule has 3 aromatic rings. The summed E-state index contributed by atoms with van der Waals surface area (Å²) in [5.74, 6) is -0.0522. The molecule has 8 nitrogen and oxygen atoms in total. The van der Waals surface area contributed by atoms with Gasteiger partial charge in [0.1, 0.15) is 0 Å². The van der Waals surface area contributed by atoms with E-state index in [2.05, 4.69) is 25.7 Å². The van der Waals surface area contributed by atoms with Crippen molar-refractivity contribution in [3.8, 4) is 0 Å². The summed E-state index contributed by atoms with van der Waals surface area (Å²) in [7, 11) is 0. The van der Waals surface area contributed by atoms with Crippen LogP contribution in [0.3, 0.4) is 0 Å². The maximum Gasteiger partial charge on any atom is 0.295 e. The summed E-state index contributed by atoms with van der Waals surface area (Å²) in [6.45, 7) is 8.31. The molecular weight excluding hydrogens is 344 g/mol. The summed E-state index contributed by atoms with van der Waals surface area (Å²) in [4.78, 5) is 33.5. The molecule has 0 unspecified atom stereocenters. The molecule has 0 saturated carbocycles. The summed E-state index contributed by atoms with van der Waals surface area (Å²) < 4.78 is 1.52. The van der Waals surface area contributed by atoms with Gasteiger partial charge in [-0.2, -0.15) is 4.98 Å². The molecule has 0 fully saturated rings. The highest BCUT2D eigenvalue weighted by atomic mass is 16.2. The number of para-hydroxylation sites is 1. The average molecular weight is 366 g/mol. The number of carbonyl (C=O) groups is 2. The van der Waals surface area contributed by atoms with Gasteiger partial charge in [0, 0.05) is 17.9 Å². The molecule has 2 amide bonds. The fourth-order valence-electron chi connectivity index (χ4n) is 2.62. The summed E-state index contributed by atoms with van der Waals surface area (Å²) >= 11 is 0. The number of amides is 2. The molecule has 8 heteroatoms. The van der Waals surface area contributed by atoms with Crippen molar-refractivity contribution in [3.63, 3.8) is 0 Å². The van der Waals surface area contributed by atoms with Crippen LogP contribution in [0.25, 0.3) is 5.78 Å². The minimum absolute atomic E-state index is 0.00593. The molecule has 0 aliphatic carbocycles. The van der Waals surface area contributed by atoms with E-state index in [-0.39, 0.29) is 11.7 Å². The van der Waals surface area contributed by atoms with Crippen LogP contribution in [0, 0.1) is 19.8 Å². The highest BCUT2D eigenvalue weighted by Gasteiger charge is 2.18. The Morgan fingerprint density at radius 1 is 1.11 bits per heavy atom. The Kier molecular flexibility index (Phi) is 5.16. The summed E-state index contributed by atoms with van der Waals surface area (Å²) in [5.41, 5.74) is 2.42. The molecule has 0 bridgehead atoms. The molecule has 2 N–H and O–H groups in total. The smallest absolute Gasteiger partial charge is 0.295 e. The van der Waals surface area contributed by atoms with Crippen LogP contribution in [0.15, 0.2) is 30.3 Å². The first-order valence-electron chi connectivity index (χ1n) is 8.74. The molecule has 0 radical (unpaired) electrons. The number of aromatic nitrogens is 4. The second-order valence-electron chi connectivity index (χ2n) is 6.79. The first-order chi connectivity index (χ1) is 12.8. The van der Waals surface area contributed by atoms with Crippen LogP contribution in [0.5, 0.6) is 0 Å². The lowest BCUT2D eigenvalue weighted by atomic mass is 10.1. The zero-order valence-corrected chi connectivity index (χ0v) is 15.8. The number of anilines is 1. The van der Waals surface area contributed by atoms with Crippen LogP contribution in [0.1, 0.15) is 46.2 Å². The fourth-order valence-corrected chi connectivity index (χ4v) is 2.62. The summed E-state index contributed by atoms with van der Waals surface area (Å²) in [5, 5.41) is 9.79. The molecule has 0 atom stereocenters. The van der Waals surface area contributed by atoms with Crippen molar-refractivity contribution in [1.29, 1.82) is 0 Å². The predicted molar refractivity (Wildman–Crippen MR) is 102 cm³/mol. The van der Waals surface area contributed by atoms with Crippen molar-refractivity contribution in [2.24, 2.45) is 5.92 Å². The zero-order valence-electron chi connectivity index (χ0n) is 15.8. The molecular formula is C19H22N6O2. The third-order valence-electron chi connectivity index (χ3n) is 3.91. The molecule has 0 saturated heterocycles. The van der Waals surface area contributed by atoms with Crippen molar-refractivity contribution in [3.05, 3.63) is 53.1 Å². The van der Waals surface area contributed by atoms with Crippen molar-refractivity contribution < 1.29 is 9.59 Å². The van der Waals surface area contributed by atoms with Gasteiger partial charge in [-0.05, 0) is 38.0 Å². The van der Waals surface area contributed by atoms with Crippen LogP contribution in [-0.2, 0) is 0 Å². The lowest BCUT2D eigenvalue weighted by molar-refractivity contribution is 0.0950. The first-order valence-corrected chi connectivity index (χ1v) is 8.74. The Labute approximate surface area is 157 Å². The van der Waals surface area contributed by atoms with E-state index in [0.29, 0.717) is 29.5 Å². The van der Waals surface area contributed by atoms with Gasteiger partial charge in [0.2, 0.25) is 5.82 Å². The van der Waals surface area contributed by atoms with E-state index >= 15 is 0 Å². The van der Waals surface area contributed by atoms with Gasteiger partial charge in [-0.3, -0.25) is 9.59 Å². The molecule has 27 heavy (non-hydrogen) atoms. The fraction of sp³-hybridized carbons (Fsp3) is 0.316. The van der Waals surface area contributed by atoms with Crippen molar-refractivity contribution >= 4 is 23.3 Å². The molecule has 0 aliphatic rings. The number of hydrogen-bond donors (Lipinski definition) is 2. The number of aryl methyl sites for hydroxylation is 2. The van der Waals surface area contributed by atoms with E-state index in [4.69, 9.17) is 0 Å². The first kappa shape index (κ1) is 18.5. The van der Waals surface area contributed by atoms with Gasteiger partial charge in [0.25, 0.3) is 17.6 Å². The number of nitrogens with zero attached hydrogens (tertiary/aromatic N) is 4. The molecule has 3 rings (SSSR count). The van der Waals surface area contributed by atoms with E-state index in [9.17, 15) is 9.59 Å². The topological polar surface area (TPSA) is 101 Å². The minimum Gasteiger partial charge on any atom is -0.352 e. The van der Waals surface area contributed by atoms with E-state index in [0.717, 1.165) is 11.4 Å². The number of rotatable bonds is 5. The molecule has 140 valence electrons. The summed E-state index contributed by atoms with van der Waals surface area (Å²) in [6, 6.07) is 8.70. The second-order valence-corrected chi connectivity index (χ2v) is 6.79. The molecule has 2 aromatic heterocycles. The van der Waals surface area contributed by atoms with Crippen molar-refractivity contribution in [2.75, 3.05) is 11.9 Å². The van der Waals surface area contributed by atoms with E-state index in [1.54, 1.807) is 24.3 Å². The van der Waals surface area contributed by atoms with E-state index in [1.807, 2.05) is 33.8 Å². The maximum atomic E-state index is 12.6. The SMILES string of the molecule is Cc1cc(C)n2nc(C(=O)Nc3ccccc3C(=O)NCC(C)C)nc2n1. The van der Waals surface area contributed by atoms with Crippen LogP contribution in [0.2, 0.25) is 0 Å². The standard InChI is InChI=1S/C19H22N6O2/c1-11(2)10-20-17(26)14-7-5-6-8-15(14)22-18(27)16-23-19-21-12(3)9-13(4)25(19)24-16/h5-9,11H,10H2,1-4H3,(H,20,26)(H,22,27). The Balaban J connectivity index is 1.84. The Morgan fingerprint density at radius 3 is 2.59 bits per heavy atom. The predicted octanol–water partition coefficient (Wildman–Crippen LogP) is 2.38. The van der Waals surface area contributed by atoms with Gasteiger partial charge < -0.3 is 10.6 Å². The van der Waals surface area contributed by atoms with Gasteiger partial charge in [-0.15, -0.1) is 5.10 Å². The minimum atomic E-state index is -0.498. The highest BCUT2D eigenvalue weighted by Crippen LogP contribution is 2.16. The molecule has 1 aromatic carbocycles. The second kappa shape index (κ2) is 7.53. The molecule has 0 aliphatic heterocycles. The number of hydrogen-bond acceptors (Lipinski definition) is 5. The van der Waals surface area contributed by atoms with Gasteiger partial charge in [-0.1, -0.05) is 26.0 Å². The van der Waals surface area contributed by atoms with Crippen molar-refractivity contribution in [2.45, 2.75) is 27.7 Å². The highest BCUT2D eigenvalue weighted by molar-refractivity contribution is 6.07. The zero-order chi connectivity index (χ0) is 19.6. The summed E-state index contributed by atoms with van der Waals surface area (Å²) in [6.07, 6.45) is 0. The van der Waals surface area contributed by atoms with Crippen LogP contribution < -0.4 is 10.6 Å². The lowest BCUT2D eigenvalue weighted by Gasteiger charge is -2.11. The van der Waals surface area contributed by atoms with Crippen LogP contribution in [-0.4, -0.2) is 37.9 Å². The van der Waals surface area contributed by atoms with Crippen LogP contribution >= 0.6 is 0 Å². The normalized spacial score (nSPS) is 11.0.